The molecule has 0 aliphatic heterocycles. The third-order valence-electron chi connectivity index (χ3n) is 2.14. The number of primary amides is 1. The number of halogens is 2. The van der Waals surface area contributed by atoms with Crippen molar-refractivity contribution in [1.82, 2.24) is 4.90 Å². The van der Waals surface area contributed by atoms with Crippen LogP contribution in [0.25, 0.3) is 0 Å². The molecule has 0 saturated heterocycles. The predicted molar refractivity (Wildman–Crippen MR) is 66.8 cm³/mol. The number of carbonyl (C=O) groups excluding carboxylic acids is 2. The summed E-state index contributed by atoms with van der Waals surface area (Å²) in [5, 5.41) is 8.68. The molecule has 0 heterocycles. The lowest BCUT2D eigenvalue weighted by Gasteiger charge is -2.19. The molecule has 1 aromatic rings. The molecule has 0 aliphatic carbocycles. The van der Waals surface area contributed by atoms with Gasteiger partial charge in [0.1, 0.15) is 18.9 Å². The van der Waals surface area contributed by atoms with Gasteiger partial charge in [-0.3, -0.25) is 14.4 Å². The van der Waals surface area contributed by atoms with Crippen molar-refractivity contribution < 1.29 is 23.9 Å². The highest BCUT2D eigenvalue weighted by molar-refractivity contribution is 9.10. The van der Waals surface area contributed by atoms with Gasteiger partial charge in [-0.15, -0.1) is 0 Å². The molecule has 6 nitrogen and oxygen atoms in total. The number of hydrogen-bond donors (Lipinski definition) is 2. The maximum Gasteiger partial charge on any atom is 0.323 e. The highest BCUT2D eigenvalue weighted by Crippen LogP contribution is 2.21. The number of benzene rings is 1. The van der Waals surface area contributed by atoms with Gasteiger partial charge >= 0.3 is 5.97 Å². The highest BCUT2D eigenvalue weighted by Gasteiger charge is 2.24. The molecule has 1 rings (SSSR count). The van der Waals surface area contributed by atoms with Crippen molar-refractivity contribution in [2.24, 2.45) is 5.73 Å². The summed E-state index contributed by atoms with van der Waals surface area (Å²) in [4.78, 5) is 34.2. The van der Waals surface area contributed by atoms with E-state index in [0.717, 1.165) is 6.07 Å². The minimum absolute atomic E-state index is 0.164. The lowest BCUT2D eigenvalue weighted by atomic mass is 10.2. The minimum atomic E-state index is -1.33. The molecular weight excluding hydrogens is 323 g/mol. The zero-order chi connectivity index (χ0) is 14.6. The van der Waals surface area contributed by atoms with E-state index < -0.39 is 36.7 Å². The predicted octanol–water partition coefficient (Wildman–Crippen LogP) is 0.600. The smallest absolute Gasteiger partial charge is 0.323 e. The Balaban J connectivity index is 3.11. The number of aliphatic carboxylic acids is 1. The Hall–Kier alpha value is -1.96. The first kappa shape index (κ1) is 15.1. The summed E-state index contributed by atoms with van der Waals surface area (Å²) in [5.74, 6) is -3.96. The summed E-state index contributed by atoms with van der Waals surface area (Å²) < 4.78 is 13.8. The van der Waals surface area contributed by atoms with Crippen molar-refractivity contribution in [3.05, 3.63) is 34.1 Å². The SMILES string of the molecule is NC(=O)CN(CC(=O)O)C(=O)c1c(F)cccc1Br. The molecule has 102 valence electrons. The second-order valence-corrected chi connectivity index (χ2v) is 4.47. The van der Waals surface area contributed by atoms with Crippen LogP contribution < -0.4 is 5.73 Å². The van der Waals surface area contributed by atoms with Gasteiger partial charge in [0.25, 0.3) is 5.91 Å². The summed E-state index contributed by atoms with van der Waals surface area (Å²) in [6.07, 6.45) is 0. The van der Waals surface area contributed by atoms with Gasteiger partial charge in [0, 0.05) is 4.47 Å². The van der Waals surface area contributed by atoms with Crippen molar-refractivity contribution in [2.75, 3.05) is 13.1 Å². The molecule has 1 aromatic carbocycles. The number of carbonyl (C=O) groups is 3. The van der Waals surface area contributed by atoms with Crippen LogP contribution in [0, 0.1) is 5.82 Å². The molecule has 19 heavy (non-hydrogen) atoms. The van der Waals surface area contributed by atoms with Gasteiger partial charge in [-0.05, 0) is 28.1 Å². The van der Waals surface area contributed by atoms with Gasteiger partial charge in [-0.25, -0.2) is 4.39 Å². The molecule has 8 heteroatoms. The summed E-state index contributed by atoms with van der Waals surface area (Å²) >= 11 is 3.00. The number of nitrogens with two attached hydrogens (primary N) is 1. The summed E-state index contributed by atoms with van der Waals surface area (Å²) in [6.45, 7) is -1.35. The Labute approximate surface area is 116 Å². The zero-order valence-electron chi connectivity index (χ0n) is 9.60. The number of carboxylic acids is 1. The van der Waals surface area contributed by atoms with E-state index in [1.54, 1.807) is 0 Å². The van der Waals surface area contributed by atoms with Crippen LogP contribution in [0.15, 0.2) is 22.7 Å². The second kappa shape index (κ2) is 6.28. The Morgan fingerprint density at radius 2 is 1.95 bits per heavy atom. The Kier molecular flexibility index (Phi) is 4.99. The van der Waals surface area contributed by atoms with Gasteiger partial charge in [0.05, 0.1) is 5.56 Å². The molecule has 0 bridgehead atoms. The van der Waals surface area contributed by atoms with E-state index in [1.807, 2.05) is 0 Å². The monoisotopic (exact) mass is 332 g/mol. The molecule has 2 amide bonds. The average Bonchev–Trinajstić information content (AvgIpc) is 2.26. The van der Waals surface area contributed by atoms with Crippen LogP contribution in [-0.4, -0.2) is 40.9 Å². The van der Waals surface area contributed by atoms with Crippen LogP contribution in [0.3, 0.4) is 0 Å². The molecule has 0 atom stereocenters. The van der Waals surface area contributed by atoms with Crippen molar-refractivity contribution in [3.8, 4) is 0 Å². The first-order chi connectivity index (χ1) is 8.82. The van der Waals surface area contributed by atoms with E-state index in [1.165, 1.54) is 12.1 Å². The normalized spacial score (nSPS) is 10.0. The molecule has 0 aromatic heterocycles. The van der Waals surface area contributed by atoms with E-state index in [9.17, 15) is 18.8 Å². The second-order valence-electron chi connectivity index (χ2n) is 3.62. The van der Waals surface area contributed by atoms with E-state index in [-0.39, 0.29) is 10.0 Å². The number of hydrogen-bond acceptors (Lipinski definition) is 3. The molecule has 0 aliphatic rings. The Morgan fingerprint density at radius 1 is 1.32 bits per heavy atom. The van der Waals surface area contributed by atoms with Gasteiger partial charge in [0.2, 0.25) is 5.91 Å². The van der Waals surface area contributed by atoms with Gasteiger partial charge in [-0.2, -0.15) is 0 Å². The third kappa shape index (κ3) is 4.02. The third-order valence-corrected chi connectivity index (χ3v) is 2.80. The van der Waals surface area contributed by atoms with Gasteiger partial charge in [0.15, 0.2) is 0 Å². The zero-order valence-corrected chi connectivity index (χ0v) is 11.2. The van der Waals surface area contributed by atoms with Crippen LogP contribution in [0.5, 0.6) is 0 Å². The highest BCUT2D eigenvalue weighted by atomic mass is 79.9. The summed E-state index contributed by atoms with van der Waals surface area (Å²) in [7, 11) is 0. The largest absolute Gasteiger partial charge is 0.480 e. The molecule has 0 spiro atoms. The number of amides is 2. The maximum atomic E-state index is 13.6. The van der Waals surface area contributed by atoms with Crippen molar-refractivity contribution in [1.29, 1.82) is 0 Å². The first-order valence-corrected chi connectivity index (χ1v) is 5.85. The van der Waals surface area contributed by atoms with Crippen LogP contribution in [-0.2, 0) is 9.59 Å². The van der Waals surface area contributed by atoms with Crippen LogP contribution in [0.2, 0.25) is 0 Å². The number of carboxylic acid groups (broad SMARTS) is 1. The maximum absolute atomic E-state index is 13.6. The molecule has 0 unspecified atom stereocenters. The molecule has 3 N–H and O–H groups in total. The van der Waals surface area contributed by atoms with Gasteiger partial charge in [-0.1, -0.05) is 6.07 Å². The van der Waals surface area contributed by atoms with Gasteiger partial charge < -0.3 is 15.7 Å². The molecule has 0 saturated carbocycles. The lowest BCUT2D eigenvalue weighted by molar-refractivity contribution is -0.138. The van der Waals surface area contributed by atoms with Crippen LogP contribution >= 0.6 is 15.9 Å². The summed E-state index contributed by atoms with van der Waals surface area (Å²) in [6, 6.07) is 3.87. The Bertz CT molecular complexity index is 499. The summed E-state index contributed by atoms with van der Waals surface area (Å²) in [5.41, 5.74) is 4.59. The molecule has 0 radical (unpaired) electrons. The standard InChI is InChI=1S/C11H10BrFN2O4/c12-6-2-1-3-7(13)10(6)11(19)15(4-8(14)16)5-9(17)18/h1-3H,4-5H2,(H2,14,16)(H,17,18). The Morgan fingerprint density at radius 3 is 2.42 bits per heavy atom. The van der Waals surface area contributed by atoms with Crippen molar-refractivity contribution in [3.63, 3.8) is 0 Å². The fraction of sp³-hybridized carbons (Fsp3) is 0.182. The number of rotatable bonds is 5. The average molecular weight is 333 g/mol. The van der Waals surface area contributed by atoms with Crippen LogP contribution in [0.1, 0.15) is 10.4 Å². The quantitative estimate of drug-likeness (QED) is 0.824. The van der Waals surface area contributed by atoms with Crippen molar-refractivity contribution >= 4 is 33.7 Å². The molecular formula is C11H10BrFN2O4. The van der Waals surface area contributed by atoms with Crippen LogP contribution in [0.4, 0.5) is 4.39 Å². The van der Waals surface area contributed by atoms with E-state index >= 15 is 0 Å². The fourth-order valence-corrected chi connectivity index (χ4v) is 1.92. The fourth-order valence-electron chi connectivity index (χ4n) is 1.41. The number of nitrogens with zero attached hydrogens (tertiary/aromatic N) is 1. The topological polar surface area (TPSA) is 101 Å². The minimum Gasteiger partial charge on any atom is -0.480 e. The first-order valence-electron chi connectivity index (χ1n) is 5.06. The van der Waals surface area contributed by atoms with E-state index in [2.05, 4.69) is 15.9 Å². The van der Waals surface area contributed by atoms with E-state index in [0.29, 0.717) is 4.90 Å². The lowest BCUT2D eigenvalue weighted by Crippen LogP contribution is -2.42. The molecule has 0 fully saturated rings. The van der Waals surface area contributed by atoms with E-state index in [4.69, 9.17) is 10.8 Å². The van der Waals surface area contributed by atoms with Crippen molar-refractivity contribution in [2.45, 2.75) is 0 Å².